The van der Waals surface area contributed by atoms with Gasteiger partial charge in [-0.3, -0.25) is 4.79 Å². The molecule has 1 aromatic carbocycles. The van der Waals surface area contributed by atoms with E-state index < -0.39 is 0 Å². The van der Waals surface area contributed by atoms with Crippen molar-refractivity contribution in [3.8, 4) is 0 Å². The van der Waals surface area contributed by atoms with Crippen LogP contribution < -0.4 is 10.2 Å². The highest BCUT2D eigenvalue weighted by Crippen LogP contribution is 2.30. The Morgan fingerprint density at radius 1 is 1.11 bits per heavy atom. The third-order valence-corrected chi connectivity index (χ3v) is 6.05. The molecule has 1 saturated carbocycles. The van der Waals surface area contributed by atoms with Crippen LogP contribution in [0.5, 0.6) is 0 Å². The second kappa shape index (κ2) is 11.6. The van der Waals surface area contributed by atoms with Crippen LogP contribution in [0.15, 0.2) is 18.2 Å². The van der Waals surface area contributed by atoms with Crippen LogP contribution in [-0.4, -0.2) is 49.6 Å². The van der Waals surface area contributed by atoms with Gasteiger partial charge in [-0.1, -0.05) is 56.8 Å². The summed E-state index contributed by atoms with van der Waals surface area (Å²) in [6, 6.07) is 6.86. The number of carbonyl (C=O) groups excluding carboxylic acids is 1. The van der Waals surface area contributed by atoms with Gasteiger partial charge in [0.2, 0.25) is 5.91 Å². The monoisotopic (exact) mass is 393 g/mol. The summed E-state index contributed by atoms with van der Waals surface area (Å²) in [5.41, 5.74) is 2.46. The number of carbonyl (C=O) groups is 1. The molecule has 1 saturated heterocycles. The molecule has 0 radical (unpaired) electrons. The van der Waals surface area contributed by atoms with Crippen LogP contribution in [0.4, 0.5) is 5.69 Å². The van der Waals surface area contributed by atoms with Crippen molar-refractivity contribution in [2.45, 2.75) is 65.3 Å². The maximum atomic E-state index is 10.6. The number of likely N-dealkylation sites (N-methyl/N-ethyl adjacent to an activating group) is 1. The minimum atomic E-state index is 0.118. The standard InChI is InChI=1S/C14H21ClN2.C8H15NO/c1-3-12-6-5-7-13(14(12)15)17-10-8-16(4-2)9-11-17;1-7(10)9-8-5-3-2-4-6-8/h5-7H,3-4,8-11H2,1-2H3;8H,2-6H2,1H3,(H,9,10). The van der Waals surface area contributed by atoms with Crippen molar-refractivity contribution < 1.29 is 4.79 Å². The SMILES string of the molecule is CC(=O)NC1CCCCC1.CCc1cccc(N2CCN(CC)CC2)c1Cl. The van der Waals surface area contributed by atoms with Crippen molar-refractivity contribution in [1.29, 1.82) is 0 Å². The molecule has 1 aliphatic carbocycles. The minimum Gasteiger partial charge on any atom is -0.368 e. The predicted molar refractivity (Wildman–Crippen MR) is 116 cm³/mol. The van der Waals surface area contributed by atoms with Crippen LogP contribution >= 0.6 is 11.6 Å². The smallest absolute Gasteiger partial charge is 0.217 e. The van der Waals surface area contributed by atoms with Gasteiger partial charge in [0.25, 0.3) is 0 Å². The molecule has 0 spiro atoms. The molecule has 2 aliphatic rings. The maximum Gasteiger partial charge on any atom is 0.217 e. The first-order valence-corrected chi connectivity index (χ1v) is 10.9. The van der Waals surface area contributed by atoms with Crippen molar-refractivity contribution in [1.82, 2.24) is 10.2 Å². The van der Waals surface area contributed by atoms with E-state index in [1.165, 1.54) is 43.4 Å². The van der Waals surface area contributed by atoms with Gasteiger partial charge in [-0.2, -0.15) is 0 Å². The Morgan fingerprint density at radius 3 is 2.33 bits per heavy atom. The van der Waals surface area contributed by atoms with E-state index in [2.05, 4.69) is 47.2 Å². The molecule has 1 heterocycles. The fraction of sp³-hybridized carbons (Fsp3) is 0.682. The van der Waals surface area contributed by atoms with E-state index in [1.54, 1.807) is 6.92 Å². The summed E-state index contributed by atoms with van der Waals surface area (Å²) in [6.07, 6.45) is 7.27. The van der Waals surface area contributed by atoms with Crippen molar-refractivity contribution in [2.75, 3.05) is 37.6 Å². The number of nitrogens with zero attached hydrogens (tertiary/aromatic N) is 2. The lowest BCUT2D eigenvalue weighted by molar-refractivity contribution is -0.119. The van der Waals surface area contributed by atoms with Gasteiger partial charge in [-0.25, -0.2) is 0 Å². The van der Waals surface area contributed by atoms with E-state index in [9.17, 15) is 4.79 Å². The van der Waals surface area contributed by atoms with Gasteiger partial charge in [0.1, 0.15) is 0 Å². The van der Waals surface area contributed by atoms with Gasteiger partial charge in [-0.15, -0.1) is 0 Å². The number of hydrogen-bond donors (Lipinski definition) is 1. The zero-order valence-electron chi connectivity index (χ0n) is 17.3. The Hall–Kier alpha value is -1.26. The van der Waals surface area contributed by atoms with Crippen molar-refractivity contribution in [2.24, 2.45) is 0 Å². The molecule has 4 nitrogen and oxygen atoms in total. The molecule has 0 aromatic heterocycles. The normalized spacial score (nSPS) is 18.6. The highest BCUT2D eigenvalue weighted by atomic mass is 35.5. The number of nitrogens with one attached hydrogen (secondary N) is 1. The number of aryl methyl sites for hydroxylation is 1. The first-order valence-electron chi connectivity index (χ1n) is 10.6. The van der Waals surface area contributed by atoms with Crippen LogP contribution in [0.2, 0.25) is 5.02 Å². The summed E-state index contributed by atoms with van der Waals surface area (Å²) < 4.78 is 0. The molecular weight excluding hydrogens is 358 g/mol. The molecule has 27 heavy (non-hydrogen) atoms. The Morgan fingerprint density at radius 2 is 1.78 bits per heavy atom. The Kier molecular flexibility index (Phi) is 9.43. The van der Waals surface area contributed by atoms with Crippen LogP contribution in [0.3, 0.4) is 0 Å². The Balaban J connectivity index is 0.000000223. The predicted octanol–water partition coefficient (Wildman–Crippen LogP) is 4.50. The molecule has 0 unspecified atom stereocenters. The molecule has 0 atom stereocenters. The molecule has 1 N–H and O–H groups in total. The number of halogens is 1. The maximum absolute atomic E-state index is 10.6. The van der Waals surface area contributed by atoms with Crippen molar-refractivity contribution in [3.63, 3.8) is 0 Å². The van der Waals surface area contributed by atoms with E-state index >= 15 is 0 Å². The van der Waals surface area contributed by atoms with Gasteiger partial charge in [0.05, 0.1) is 10.7 Å². The van der Waals surface area contributed by atoms with Crippen LogP contribution in [0, 0.1) is 0 Å². The van der Waals surface area contributed by atoms with E-state index in [0.29, 0.717) is 6.04 Å². The first kappa shape index (κ1) is 22.0. The van der Waals surface area contributed by atoms with Crippen molar-refractivity contribution in [3.05, 3.63) is 28.8 Å². The van der Waals surface area contributed by atoms with Gasteiger partial charge in [0.15, 0.2) is 0 Å². The third kappa shape index (κ3) is 7.00. The fourth-order valence-corrected chi connectivity index (χ4v) is 4.30. The minimum absolute atomic E-state index is 0.118. The highest BCUT2D eigenvalue weighted by molar-refractivity contribution is 6.34. The highest BCUT2D eigenvalue weighted by Gasteiger charge is 2.18. The largest absolute Gasteiger partial charge is 0.368 e. The average Bonchev–Trinajstić information content (AvgIpc) is 2.69. The molecular formula is C22H36ClN3O. The van der Waals surface area contributed by atoms with Gasteiger partial charge >= 0.3 is 0 Å². The van der Waals surface area contributed by atoms with E-state index in [1.807, 2.05) is 0 Å². The van der Waals surface area contributed by atoms with E-state index in [0.717, 1.165) is 44.2 Å². The number of benzene rings is 1. The molecule has 1 aromatic rings. The second-order valence-electron chi connectivity index (χ2n) is 7.56. The summed E-state index contributed by atoms with van der Waals surface area (Å²) in [5.74, 6) is 0.118. The lowest BCUT2D eigenvalue weighted by atomic mass is 9.95. The van der Waals surface area contributed by atoms with E-state index in [4.69, 9.17) is 11.6 Å². The number of amides is 1. The number of rotatable bonds is 4. The topological polar surface area (TPSA) is 35.6 Å². The van der Waals surface area contributed by atoms with Gasteiger partial charge < -0.3 is 15.1 Å². The molecule has 1 aliphatic heterocycles. The first-order chi connectivity index (χ1) is 13.0. The molecule has 5 heteroatoms. The summed E-state index contributed by atoms with van der Waals surface area (Å²) in [7, 11) is 0. The fourth-order valence-electron chi connectivity index (χ4n) is 3.92. The summed E-state index contributed by atoms with van der Waals surface area (Å²) in [5, 5.41) is 3.89. The summed E-state index contributed by atoms with van der Waals surface area (Å²) in [4.78, 5) is 15.5. The van der Waals surface area contributed by atoms with Gasteiger partial charge in [0, 0.05) is 39.1 Å². The van der Waals surface area contributed by atoms with Gasteiger partial charge in [-0.05, 0) is 37.4 Å². The number of anilines is 1. The lowest BCUT2D eigenvalue weighted by Gasteiger charge is -2.36. The second-order valence-corrected chi connectivity index (χ2v) is 7.94. The van der Waals surface area contributed by atoms with Crippen LogP contribution in [-0.2, 0) is 11.2 Å². The Bertz CT molecular complexity index is 579. The molecule has 3 rings (SSSR count). The molecule has 152 valence electrons. The lowest BCUT2D eigenvalue weighted by Crippen LogP contribution is -2.46. The van der Waals surface area contributed by atoms with Crippen LogP contribution in [0.25, 0.3) is 0 Å². The summed E-state index contributed by atoms with van der Waals surface area (Å²) in [6.45, 7) is 11.6. The average molecular weight is 394 g/mol. The van der Waals surface area contributed by atoms with E-state index in [-0.39, 0.29) is 5.91 Å². The zero-order chi connectivity index (χ0) is 19.6. The summed E-state index contributed by atoms with van der Waals surface area (Å²) >= 11 is 6.46. The van der Waals surface area contributed by atoms with Crippen LogP contribution in [0.1, 0.15) is 58.4 Å². The number of hydrogen-bond acceptors (Lipinski definition) is 3. The number of piperazine rings is 1. The zero-order valence-corrected chi connectivity index (χ0v) is 18.0. The quantitative estimate of drug-likeness (QED) is 0.817. The third-order valence-electron chi connectivity index (χ3n) is 5.61. The molecule has 0 bridgehead atoms. The Labute approximate surface area is 170 Å². The van der Waals surface area contributed by atoms with Crippen molar-refractivity contribution >= 4 is 23.2 Å². The molecule has 2 fully saturated rings. The molecule has 1 amide bonds.